The van der Waals surface area contributed by atoms with E-state index in [1.807, 2.05) is 4.57 Å². The average Bonchev–Trinajstić information content (AvgIpc) is 2.69. The number of rotatable bonds is 2. The van der Waals surface area contributed by atoms with Gasteiger partial charge in [-0.25, -0.2) is 0 Å². The largest absolute Gasteiger partial charge is 0.284 e. The molecular weight excluding hydrogens is 324 g/mol. The second kappa shape index (κ2) is 4.49. The zero-order valence-electron chi connectivity index (χ0n) is 8.11. The molecule has 1 aromatic heterocycles. The smallest absolute Gasteiger partial charge is 0.152 e. The van der Waals surface area contributed by atoms with Gasteiger partial charge in [-0.05, 0) is 47.2 Å². The van der Waals surface area contributed by atoms with Gasteiger partial charge in [-0.1, -0.05) is 6.07 Å². The number of hydrogen-bond donors (Lipinski definition) is 0. The van der Waals surface area contributed by atoms with Crippen LogP contribution >= 0.6 is 34.2 Å². The number of benzene rings is 1. The summed E-state index contributed by atoms with van der Waals surface area (Å²) >= 11 is 8.07. The van der Waals surface area contributed by atoms with Gasteiger partial charge in [0, 0.05) is 3.57 Å². The Morgan fingerprint density at radius 3 is 3.00 bits per heavy atom. The first kappa shape index (κ1) is 10.9. The lowest BCUT2D eigenvalue weighted by Gasteiger charge is -2.08. The Bertz CT molecular complexity index is 481. The van der Waals surface area contributed by atoms with Crippen LogP contribution in [0.1, 0.15) is 11.4 Å². The van der Waals surface area contributed by atoms with E-state index in [4.69, 9.17) is 11.6 Å². The second-order valence-electron chi connectivity index (χ2n) is 3.18. The first-order valence-electron chi connectivity index (χ1n) is 4.44. The van der Waals surface area contributed by atoms with E-state index in [2.05, 4.69) is 57.9 Å². The zero-order valence-corrected chi connectivity index (χ0v) is 11.0. The van der Waals surface area contributed by atoms with E-state index in [-0.39, 0.29) is 0 Å². The highest BCUT2D eigenvalue weighted by molar-refractivity contribution is 14.1. The van der Waals surface area contributed by atoms with E-state index >= 15 is 0 Å². The van der Waals surface area contributed by atoms with Crippen molar-refractivity contribution in [2.45, 2.75) is 12.8 Å². The van der Waals surface area contributed by atoms with Crippen molar-refractivity contribution < 1.29 is 0 Å². The summed E-state index contributed by atoms with van der Waals surface area (Å²) in [6, 6.07) is 6.24. The summed E-state index contributed by atoms with van der Waals surface area (Å²) in [7, 11) is 0. The van der Waals surface area contributed by atoms with Crippen LogP contribution in [0.3, 0.4) is 0 Å². The minimum absolute atomic E-state index is 0.366. The van der Waals surface area contributed by atoms with Gasteiger partial charge in [0.05, 0.1) is 11.6 Å². The molecule has 0 N–H and O–H groups in total. The van der Waals surface area contributed by atoms with Crippen LogP contribution < -0.4 is 0 Å². The predicted octanol–water partition coefficient (Wildman–Crippen LogP) is 2.92. The second-order valence-corrected chi connectivity index (χ2v) is 4.69. The van der Waals surface area contributed by atoms with Gasteiger partial charge in [-0.3, -0.25) is 4.57 Å². The van der Waals surface area contributed by atoms with E-state index in [1.165, 1.54) is 9.13 Å². The molecule has 0 aliphatic rings. The lowest BCUT2D eigenvalue weighted by atomic mass is 10.2. The summed E-state index contributed by atoms with van der Waals surface area (Å²) in [6.07, 6.45) is 1.69. The summed E-state index contributed by atoms with van der Waals surface area (Å²) in [4.78, 5) is 0. The molecular formula is C10H9ClIN3. The van der Waals surface area contributed by atoms with Crippen molar-refractivity contribution in [3.8, 4) is 5.69 Å². The SMILES string of the molecule is Cc1ccc(I)cc1-n1cnnc1CCl. The number of aryl methyl sites for hydroxylation is 1. The van der Waals surface area contributed by atoms with Gasteiger partial charge >= 0.3 is 0 Å². The van der Waals surface area contributed by atoms with Crippen LogP contribution in [0.15, 0.2) is 24.5 Å². The summed E-state index contributed by atoms with van der Waals surface area (Å²) in [5.41, 5.74) is 2.27. The average molecular weight is 334 g/mol. The van der Waals surface area contributed by atoms with Crippen molar-refractivity contribution in [1.29, 1.82) is 0 Å². The molecule has 1 heterocycles. The number of alkyl halides is 1. The van der Waals surface area contributed by atoms with Gasteiger partial charge in [0.25, 0.3) is 0 Å². The minimum atomic E-state index is 0.366. The normalized spacial score (nSPS) is 10.6. The van der Waals surface area contributed by atoms with Crippen LogP contribution in [-0.2, 0) is 5.88 Å². The molecule has 15 heavy (non-hydrogen) atoms. The fourth-order valence-corrected chi connectivity index (χ4v) is 2.05. The van der Waals surface area contributed by atoms with Crippen molar-refractivity contribution in [2.24, 2.45) is 0 Å². The van der Waals surface area contributed by atoms with E-state index in [9.17, 15) is 0 Å². The highest BCUT2D eigenvalue weighted by Gasteiger charge is 2.07. The minimum Gasteiger partial charge on any atom is -0.284 e. The number of nitrogens with zero attached hydrogens (tertiary/aromatic N) is 3. The van der Waals surface area contributed by atoms with E-state index in [0.717, 1.165) is 11.5 Å². The molecule has 2 rings (SSSR count). The molecule has 2 aromatic rings. The summed E-state index contributed by atoms with van der Waals surface area (Å²) < 4.78 is 3.10. The highest BCUT2D eigenvalue weighted by atomic mass is 127. The number of hydrogen-bond acceptors (Lipinski definition) is 2. The van der Waals surface area contributed by atoms with Gasteiger partial charge < -0.3 is 0 Å². The van der Waals surface area contributed by atoms with E-state index in [1.54, 1.807) is 6.33 Å². The van der Waals surface area contributed by atoms with Crippen molar-refractivity contribution in [1.82, 2.24) is 14.8 Å². The van der Waals surface area contributed by atoms with E-state index in [0.29, 0.717) is 5.88 Å². The quantitative estimate of drug-likeness (QED) is 0.625. The van der Waals surface area contributed by atoms with Gasteiger partial charge in [-0.2, -0.15) is 0 Å². The Kier molecular flexibility index (Phi) is 3.25. The molecule has 0 amide bonds. The van der Waals surface area contributed by atoms with Crippen LogP contribution in [0.25, 0.3) is 5.69 Å². The molecule has 5 heteroatoms. The Morgan fingerprint density at radius 2 is 2.27 bits per heavy atom. The van der Waals surface area contributed by atoms with E-state index < -0.39 is 0 Å². The molecule has 0 saturated heterocycles. The summed E-state index contributed by atoms with van der Waals surface area (Å²) in [6.45, 7) is 2.06. The molecule has 3 nitrogen and oxygen atoms in total. The standard InChI is InChI=1S/C10H9ClIN3/c1-7-2-3-8(12)4-9(7)15-6-13-14-10(15)5-11/h2-4,6H,5H2,1H3. The van der Waals surface area contributed by atoms with Crippen LogP contribution in [0.2, 0.25) is 0 Å². The maximum atomic E-state index is 5.79. The molecule has 1 aromatic carbocycles. The lowest BCUT2D eigenvalue weighted by Crippen LogP contribution is -2.00. The Hall–Kier alpha value is -0.620. The molecule has 0 unspecified atom stereocenters. The number of aromatic nitrogens is 3. The molecule has 0 saturated carbocycles. The third kappa shape index (κ3) is 2.15. The number of halogens is 2. The maximum absolute atomic E-state index is 5.79. The molecule has 78 valence electrons. The van der Waals surface area contributed by atoms with Crippen molar-refractivity contribution >= 4 is 34.2 Å². The molecule has 0 spiro atoms. The molecule has 0 radical (unpaired) electrons. The monoisotopic (exact) mass is 333 g/mol. The van der Waals surface area contributed by atoms with Gasteiger partial charge in [0.1, 0.15) is 6.33 Å². The Balaban J connectivity index is 2.58. The van der Waals surface area contributed by atoms with Crippen molar-refractivity contribution in [3.05, 3.63) is 39.5 Å². The first-order chi connectivity index (χ1) is 7.22. The van der Waals surface area contributed by atoms with Gasteiger partial charge in [-0.15, -0.1) is 21.8 Å². The van der Waals surface area contributed by atoms with Crippen LogP contribution in [0.4, 0.5) is 0 Å². The molecule has 0 atom stereocenters. The molecule has 0 aliphatic carbocycles. The highest BCUT2D eigenvalue weighted by Crippen LogP contribution is 2.18. The Labute approximate surface area is 107 Å². The van der Waals surface area contributed by atoms with Crippen LogP contribution in [0.5, 0.6) is 0 Å². The van der Waals surface area contributed by atoms with Gasteiger partial charge in [0.2, 0.25) is 0 Å². The predicted molar refractivity (Wildman–Crippen MR) is 68.4 cm³/mol. The topological polar surface area (TPSA) is 30.7 Å². The third-order valence-electron chi connectivity index (χ3n) is 2.17. The van der Waals surface area contributed by atoms with Crippen LogP contribution in [-0.4, -0.2) is 14.8 Å². The fourth-order valence-electron chi connectivity index (χ4n) is 1.39. The third-order valence-corrected chi connectivity index (χ3v) is 3.08. The maximum Gasteiger partial charge on any atom is 0.152 e. The summed E-state index contributed by atoms with van der Waals surface area (Å²) in [5, 5.41) is 7.83. The Morgan fingerprint density at radius 1 is 1.47 bits per heavy atom. The molecule has 0 bridgehead atoms. The summed E-state index contributed by atoms with van der Waals surface area (Å²) in [5.74, 6) is 1.13. The first-order valence-corrected chi connectivity index (χ1v) is 6.05. The van der Waals surface area contributed by atoms with Crippen LogP contribution in [0, 0.1) is 10.5 Å². The van der Waals surface area contributed by atoms with Gasteiger partial charge in [0.15, 0.2) is 5.82 Å². The molecule has 0 aliphatic heterocycles. The fraction of sp³-hybridized carbons (Fsp3) is 0.200. The zero-order chi connectivity index (χ0) is 10.8. The van der Waals surface area contributed by atoms with Crippen molar-refractivity contribution in [3.63, 3.8) is 0 Å². The van der Waals surface area contributed by atoms with Crippen molar-refractivity contribution in [2.75, 3.05) is 0 Å². The lowest BCUT2D eigenvalue weighted by molar-refractivity contribution is 0.942. The molecule has 0 fully saturated rings.